The Labute approximate surface area is 96.2 Å². The van der Waals surface area contributed by atoms with Gasteiger partial charge in [0.05, 0.1) is 16.7 Å². The van der Waals surface area contributed by atoms with Gasteiger partial charge in [0.1, 0.15) is 5.82 Å². The molecule has 1 aliphatic heterocycles. The van der Waals surface area contributed by atoms with E-state index in [1.54, 1.807) is 6.07 Å². The smallest absolute Gasteiger partial charge is 0.137 e. The summed E-state index contributed by atoms with van der Waals surface area (Å²) in [6.07, 6.45) is 0.683. The van der Waals surface area contributed by atoms with E-state index in [9.17, 15) is 9.50 Å². The van der Waals surface area contributed by atoms with Crippen LogP contribution in [-0.2, 0) is 4.74 Å². The van der Waals surface area contributed by atoms with Crippen LogP contribution in [0, 0.1) is 5.82 Å². The zero-order chi connectivity index (χ0) is 10.8. The van der Waals surface area contributed by atoms with Gasteiger partial charge in [-0.3, -0.25) is 0 Å². The quantitative estimate of drug-likeness (QED) is 0.854. The van der Waals surface area contributed by atoms with Crippen LogP contribution in [-0.4, -0.2) is 17.8 Å². The Morgan fingerprint density at radius 3 is 2.93 bits per heavy atom. The summed E-state index contributed by atoms with van der Waals surface area (Å²) in [6.45, 7) is 0.531. The minimum absolute atomic E-state index is 0.184. The molecule has 2 rings (SSSR count). The van der Waals surface area contributed by atoms with Crippen LogP contribution < -0.4 is 0 Å². The summed E-state index contributed by atoms with van der Waals surface area (Å²) in [5, 5.41) is 9.48. The molecule has 2 atom stereocenters. The molecule has 2 nitrogen and oxygen atoms in total. The maximum atomic E-state index is 13.3. The van der Waals surface area contributed by atoms with Crippen molar-refractivity contribution in [3.8, 4) is 0 Å². The lowest BCUT2D eigenvalue weighted by Gasteiger charge is -2.26. The van der Waals surface area contributed by atoms with E-state index in [1.165, 1.54) is 6.07 Å². The van der Waals surface area contributed by atoms with Crippen molar-refractivity contribution in [2.45, 2.75) is 25.0 Å². The molecule has 0 bridgehead atoms. The van der Waals surface area contributed by atoms with Gasteiger partial charge in [0.2, 0.25) is 0 Å². The van der Waals surface area contributed by atoms with Crippen molar-refractivity contribution >= 4 is 15.9 Å². The van der Waals surface area contributed by atoms with E-state index in [0.717, 1.165) is 5.56 Å². The molecule has 0 amide bonds. The van der Waals surface area contributed by atoms with E-state index in [-0.39, 0.29) is 18.0 Å². The molecule has 1 fully saturated rings. The van der Waals surface area contributed by atoms with Crippen molar-refractivity contribution in [3.05, 3.63) is 34.1 Å². The largest absolute Gasteiger partial charge is 0.393 e. The third-order valence-corrected chi connectivity index (χ3v) is 3.21. The van der Waals surface area contributed by atoms with Gasteiger partial charge in [-0.2, -0.15) is 0 Å². The number of aliphatic hydroxyl groups excluding tert-OH is 1. The molecule has 2 unspecified atom stereocenters. The highest BCUT2D eigenvalue weighted by molar-refractivity contribution is 9.10. The minimum Gasteiger partial charge on any atom is -0.393 e. The Hall–Kier alpha value is -0.450. The zero-order valence-corrected chi connectivity index (χ0v) is 9.71. The molecule has 0 spiro atoms. The van der Waals surface area contributed by atoms with Gasteiger partial charge < -0.3 is 9.84 Å². The monoisotopic (exact) mass is 274 g/mol. The van der Waals surface area contributed by atoms with Gasteiger partial charge in [0, 0.05) is 13.0 Å². The average Bonchev–Trinajstić information content (AvgIpc) is 2.22. The fraction of sp³-hybridized carbons (Fsp3) is 0.455. The lowest BCUT2D eigenvalue weighted by Crippen LogP contribution is -2.23. The third-order valence-electron chi connectivity index (χ3n) is 2.57. The van der Waals surface area contributed by atoms with Crippen molar-refractivity contribution in [1.29, 1.82) is 0 Å². The topological polar surface area (TPSA) is 29.5 Å². The third kappa shape index (κ3) is 2.56. The fourth-order valence-corrected chi connectivity index (χ4v) is 1.97. The van der Waals surface area contributed by atoms with Gasteiger partial charge in [-0.1, -0.05) is 6.07 Å². The summed E-state index contributed by atoms with van der Waals surface area (Å²) in [5.41, 5.74) is 0.787. The predicted molar refractivity (Wildman–Crippen MR) is 58.0 cm³/mol. The second-order valence-electron chi connectivity index (χ2n) is 3.71. The maximum Gasteiger partial charge on any atom is 0.137 e. The van der Waals surface area contributed by atoms with Gasteiger partial charge in [0.15, 0.2) is 0 Å². The van der Waals surface area contributed by atoms with Gasteiger partial charge in [-0.25, -0.2) is 4.39 Å². The number of hydrogen-bond donors (Lipinski definition) is 1. The Morgan fingerprint density at radius 1 is 1.47 bits per heavy atom. The van der Waals surface area contributed by atoms with Gasteiger partial charge >= 0.3 is 0 Å². The van der Waals surface area contributed by atoms with E-state index >= 15 is 0 Å². The summed E-state index contributed by atoms with van der Waals surface area (Å²) < 4.78 is 19.2. The SMILES string of the molecule is OC1CCOC(c2ccc(Br)c(F)c2)C1. The highest BCUT2D eigenvalue weighted by Crippen LogP contribution is 2.29. The molecular formula is C11H12BrFO2. The molecule has 1 aromatic carbocycles. The van der Waals surface area contributed by atoms with Crippen molar-refractivity contribution < 1.29 is 14.2 Å². The lowest BCUT2D eigenvalue weighted by atomic mass is 9.99. The molecule has 4 heteroatoms. The Morgan fingerprint density at radius 2 is 2.27 bits per heavy atom. The molecule has 1 heterocycles. The standard InChI is InChI=1S/C11H12BrFO2/c12-9-2-1-7(5-10(9)13)11-6-8(14)3-4-15-11/h1-2,5,8,11,14H,3-4,6H2. The minimum atomic E-state index is -0.338. The number of aliphatic hydroxyl groups is 1. The van der Waals surface area contributed by atoms with Crippen LogP contribution in [0.5, 0.6) is 0 Å². The Bertz CT molecular complexity index is 356. The first-order chi connectivity index (χ1) is 7.16. The van der Waals surface area contributed by atoms with Crippen LogP contribution in [0.2, 0.25) is 0 Å². The Kier molecular flexibility index (Phi) is 3.38. The van der Waals surface area contributed by atoms with Crippen LogP contribution >= 0.6 is 15.9 Å². The summed E-state index contributed by atoms with van der Waals surface area (Å²) in [7, 11) is 0. The van der Waals surface area contributed by atoms with Crippen LogP contribution in [0.4, 0.5) is 4.39 Å². The first kappa shape index (κ1) is 11.0. The number of benzene rings is 1. The molecule has 0 aromatic heterocycles. The van der Waals surface area contributed by atoms with Crippen molar-refractivity contribution in [2.75, 3.05) is 6.61 Å². The average molecular weight is 275 g/mol. The summed E-state index contributed by atoms with van der Waals surface area (Å²) in [5.74, 6) is -0.295. The van der Waals surface area contributed by atoms with Crippen molar-refractivity contribution in [3.63, 3.8) is 0 Å². The van der Waals surface area contributed by atoms with Crippen molar-refractivity contribution in [1.82, 2.24) is 0 Å². The molecule has 15 heavy (non-hydrogen) atoms. The number of halogens is 2. The van der Waals surface area contributed by atoms with E-state index in [2.05, 4.69) is 15.9 Å². The van der Waals surface area contributed by atoms with Crippen molar-refractivity contribution in [2.24, 2.45) is 0 Å². The first-order valence-electron chi connectivity index (χ1n) is 4.91. The van der Waals surface area contributed by atoms with Crippen LogP contribution in [0.3, 0.4) is 0 Å². The van der Waals surface area contributed by atoms with E-state index < -0.39 is 0 Å². The first-order valence-corrected chi connectivity index (χ1v) is 5.70. The highest BCUT2D eigenvalue weighted by atomic mass is 79.9. The molecule has 0 aliphatic carbocycles. The van der Waals surface area contributed by atoms with E-state index in [0.29, 0.717) is 23.9 Å². The molecular weight excluding hydrogens is 263 g/mol. The van der Waals surface area contributed by atoms with E-state index in [1.807, 2.05) is 6.07 Å². The van der Waals surface area contributed by atoms with Crippen LogP contribution in [0.25, 0.3) is 0 Å². The Balaban J connectivity index is 2.18. The summed E-state index contributed by atoms with van der Waals surface area (Å²) >= 11 is 3.10. The van der Waals surface area contributed by atoms with Gasteiger partial charge in [0.25, 0.3) is 0 Å². The second kappa shape index (κ2) is 4.60. The van der Waals surface area contributed by atoms with Crippen LogP contribution in [0.1, 0.15) is 24.5 Å². The van der Waals surface area contributed by atoms with Crippen LogP contribution in [0.15, 0.2) is 22.7 Å². The molecule has 1 saturated heterocycles. The second-order valence-corrected chi connectivity index (χ2v) is 4.57. The number of hydrogen-bond acceptors (Lipinski definition) is 2. The summed E-state index contributed by atoms with van der Waals surface area (Å²) in [4.78, 5) is 0. The normalized spacial score (nSPS) is 26.6. The molecule has 0 radical (unpaired) electrons. The predicted octanol–water partition coefficient (Wildman–Crippen LogP) is 2.80. The molecule has 1 aromatic rings. The number of rotatable bonds is 1. The highest BCUT2D eigenvalue weighted by Gasteiger charge is 2.22. The molecule has 1 N–H and O–H groups in total. The van der Waals surface area contributed by atoms with Gasteiger partial charge in [-0.05, 0) is 40.0 Å². The molecule has 82 valence electrons. The fourth-order valence-electron chi connectivity index (χ4n) is 1.72. The molecule has 1 aliphatic rings. The van der Waals surface area contributed by atoms with E-state index in [4.69, 9.17) is 4.74 Å². The van der Waals surface area contributed by atoms with Gasteiger partial charge in [-0.15, -0.1) is 0 Å². The maximum absolute atomic E-state index is 13.3. The molecule has 0 saturated carbocycles. The zero-order valence-electron chi connectivity index (χ0n) is 8.12. The summed E-state index contributed by atoms with van der Waals surface area (Å²) in [6, 6.07) is 4.93. The lowest BCUT2D eigenvalue weighted by molar-refractivity contribution is -0.0449. The number of ether oxygens (including phenoxy) is 1.